The molecule has 0 bridgehead atoms. The second-order valence-corrected chi connectivity index (χ2v) is 9.89. The van der Waals surface area contributed by atoms with Crippen molar-refractivity contribution in [2.24, 2.45) is 5.92 Å². The number of alkyl halides is 4. The number of aromatic nitrogens is 3. The van der Waals surface area contributed by atoms with E-state index in [1.807, 2.05) is 0 Å². The van der Waals surface area contributed by atoms with Gasteiger partial charge in [0.25, 0.3) is 5.91 Å². The summed E-state index contributed by atoms with van der Waals surface area (Å²) < 4.78 is 48.5. The van der Waals surface area contributed by atoms with Crippen molar-refractivity contribution in [1.82, 2.24) is 19.7 Å². The third kappa shape index (κ3) is 4.89. The number of rotatable bonds is 7. The van der Waals surface area contributed by atoms with Crippen LogP contribution in [-0.4, -0.2) is 45.1 Å². The predicted octanol–water partition coefficient (Wildman–Crippen LogP) is 5.43. The van der Waals surface area contributed by atoms with Crippen LogP contribution in [-0.2, 0) is 22.8 Å². The van der Waals surface area contributed by atoms with Crippen molar-refractivity contribution >= 4 is 33.4 Å². The van der Waals surface area contributed by atoms with Crippen molar-refractivity contribution in [3.63, 3.8) is 0 Å². The summed E-state index contributed by atoms with van der Waals surface area (Å²) in [5.74, 6) is -0.286. The Morgan fingerprint density at radius 2 is 1.92 bits per heavy atom. The Hall–Kier alpha value is -3.41. The molecule has 3 aromatic rings. The van der Waals surface area contributed by atoms with Crippen molar-refractivity contribution in [3.8, 4) is 16.9 Å². The molecular weight excluding hydrogens is 567 g/mol. The van der Waals surface area contributed by atoms with Gasteiger partial charge < -0.3 is 15.0 Å². The summed E-state index contributed by atoms with van der Waals surface area (Å²) in [4.78, 5) is 33.2. The van der Waals surface area contributed by atoms with Gasteiger partial charge in [-0.05, 0) is 49.4 Å². The van der Waals surface area contributed by atoms with Gasteiger partial charge in [0, 0.05) is 41.5 Å². The van der Waals surface area contributed by atoms with Crippen LogP contribution in [0.1, 0.15) is 53.1 Å². The number of amides is 2. The van der Waals surface area contributed by atoms with Gasteiger partial charge in [-0.25, -0.2) is 0 Å². The first kappa shape index (κ1) is 26.2. The van der Waals surface area contributed by atoms with E-state index in [1.54, 1.807) is 37.4 Å². The van der Waals surface area contributed by atoms with Crippen LogP contribution >= 0.6 is 15.9 Å². The first-order valence-electron chi connectivity index (χ1n) is 12.1. The van der Waals surface area contributed by atoms with Crippen molar-refractivity contribution in [1.29, 1.82) is 0 Å². The zero-order chi connectivity index (χ0) is 27.2. The van der Waals surface area contributed by atoms with E-state index in [9.17, 15) is 22.8 Å². The van der Waals surface area contributed by atoms with Crippen LogP contribution in [0.25, 0.3) is 11.1 Å². The molecule has 1 N–H and O–H groups in total. The second kappa shape index (κ2) is 10.0. The first-order chi connectivity index (χ1) is 18.1. The number of hydrogen-bond acceptors (Lipinski definition) is 5. The highest BCUT2D eigenvalue weighted by Crippen LogP contribution is 2.47. The van der Waals surface area contributed by atoms with Gasteiger partial charge in [0.2, 0.25) is 5.91 Å². The maximum Gasteiger partial charge on any atom is 0.435 e. The van der Waals surface area contributed by atoms with Crippen LogP contribution in [0, 0.1) is 5.92 Å². The fourth-order valence-electron chi connectivity index (χ4n) is 4.85. The van der Waals surface area contributed by atoms with Crippen molar-refractivity contribution in [2.45, 2.75) is 43.9 Å². The minimum absolute atomic E-state index is 0.0431. The van der Waals surface area contributed by atoms with Crippen LogP contribution in [0.4, 0.5) is 18.9 Å². The summed E-state index contributed by atoms with van der Waals surface area (Å²) in [5.41, 5.74) is 0.158. The molecule has 5 rings (SSSR count). The topological polar surface area (TPSA) is 89.4 Å². The first-order valence-corrected chi connectivity index (χ1v) is 13.2. The van der Waals surface area contributed by atoms with E-state index in [0.717, 1.165) is 12.8 Å². The molecule has 8 nitrogen and oxygen atoms in total. The molecule has 0 unspecified atom stereocenters. The Bertz CT molecular complexity index is 1400. The average molecular weight is 592 g/mol. The van der Waals surface area contributed by atoms with E-state index in [4.69, 9.17) is 4.74 Å². The van der Waals surface area contributed by atoms with Crippen molar-refractivity contribution < 1.29 is 27.5 Å². The number of nitrogens with one attached hydrogen (secondary N) is 1. The average Bonchev–Trinajstić information content (AvgIpc) is 3.64. The molecule has 38 heavy (non-hydrogen) atoms. The molecule has 1 saturated carbocycles. The predicted molar refractivity (Wildman–Crippen MR) is 137 cm³/mol. The zero-order valence-electron chi connectivity index (χ0n) is 20.7. The minimum atomic E-state index is -4.73. The molecule has 3 heterocycles. The van der Waals surface area contributed by atoms with Crippen LogP contribution in [0.3, 0.4) is 0 Å². The molecule has 2 aliphatic rings. The van der Waals surface area contributed by atoms with E-state index < -0.39 is 29.7 Å². The number of aryl methyl sites for hydroxylation is 1. The monoisotopic (exact) mass is 591 g/mol. The molecular formula is C26H25BrF3N5O3. The Kier molecular flexibility index (Phi) is 6.93. The van der Waals surface area contributed by atoms with Gasteiger partial charge in [-0.2, -0.15) is 18.3 Å². The standard InChI is InChI=1S/C26H25BrF3N5O3/c1-3-34-12-19(24(33-34)26(28,29)30)17-8-14(11-27)9-18-22(17)32-21(36)13-35(25(18)37)23(15-4-5-15)20-10-16(38-2)6-7-31-20/h6-10,12,15,23H,3-5,11,13H2,1-2H3,(H,32,36)/t23-/m0/s1. The van der Waals surface area contributed by atoms with E-state index in [-0.39, 0.29) is 41.4 Å². The lowest BCUT2D eigenvalue weighted by Crippen LogP contribution is -2.39. The maximum atomic E-state index is 14.1. The number of hydrogen-bond donors (Lipinski definition) is 1. The molecule has 1 atom stereocenters. The number of ether oxygens (including phenoxy) is 1. The molecule has 1 aromatic carbocycles. The summed E-state index contributed by atoms with van der Waals surface area (Å²) in [5, 5.41) is 6.75. The van der Waals surface area contributed by atoms with Gasteiger partial charge in [0.1, 0.15) is 12.3 Å². The zero-order valence-corrected chi connectivity index (χ0v) is 22.3. The summed E-state index contributed by atoms with van der Waals surface area (Å²) in [6.45, 7) is 1.64. The maximum absolute atomic E-state index is 14.1. The van der Waals surface area contributed by atoms with Crippen LogP contribution in [0.2, 0.25) is 0 Å². The Balaban J connectivity index is 1.68. The third-order valence-electron chi connectivity index (χ3n) is 6.76. The molecule has 2 aromatic heterocycles. The van der Waals surface area contributed by atoms with Crippen LogP contribution in [0.5, 0.6) is 5.75 Å². The number of pyridine rings is 1. The Morgan fingerprint density at radius 3 is 2.55 bits per heavy atom. The molecule has 1 fully saturated rings. The van der Waals surface area contributed by atoms with Gasteiger partial charge in [0.15, 0.2) is 5.69 Å². The molecule has 1 aliphatic heterocycles. The van der Waals surface area contributed by atoms with Gasteiger partial charge >= 0.3 is 6.18 Å². The highest BCUT2D eigenvalue weighted by Gasteiger charge is 2.43. The lowest BCUT2D eigenvalue weighted by molar-refractivity contribution is -0.141. The fraction of sp³-hybridized carbons (Fsp3) is 0.385. The molecule has 12 heteroatoms. The van der Waals surface area contributed by atoms with Crippen molar-refractivity contribution in [3.05, 3.63) is 59.2 Å². The number of carbonyl (C=O) groups is 2. The van der Waals surface area contributed by atoms with Gasteiger partial charge in [0.05, 0.1) is 30.1 Å². The number of benzene rings is 1. The van der Waals surface area contributed by atoms with Gasteiger partial charge in [-0.3, -0.25) is 19.3 Å². The fourth-order valence-corrected chi connectivity index (χ4v) is 5.18. The summed E-state index contributed by atoms with van der Waals surface area (Å²) in [6.07, 6.45) is -0.125. The second-order valence-electron chi connectivity index (χ2n) is 9.33. The smallest absolute Gasteiger partial charge is 0.435 e. The molecule has 0 radical (unpaired) electrons. The third-order valence-corrected chi connectivity index (χ3v) is 7.41. The highest BCUT2D eigenvalue weighted by molar-refractivity contribution is 9.08. The Labute approximate surface area is 225 Å². The van der Waals surface area contributed by atoms with E-state index in [0.29, 0.717) is 22.3 Å². The summed E-state index contributed by atoms with van der Waals surface area (Å²) >= 11 is 3.37. The number of nitrogens with zero attached hydrogens (tertiary/aromatic N) is 4. The number of anilines is 1. The molecule has 1 aliphatic carbocycles. The lowest BCUT2D eigenvalue weighted by atomic mass is 9.96. The van der Waals surface area contributed by atoms with E-state index >= 15 is 0 Å². The number of carbonyl (C=O) groups excluding carboxylic acids is 2. The normalized spacial score (nSPS) is 16.6. The quantitative estimate of drug-likeness (QED) is 0.370. The molecule has 200 valence electrons. The van der Waals surface area contributed by atoms with E-state index in [1.165, 1.54) is 22.9 Å². The SMILES string of the molecule is CCn1cc(-c2cc(CBr)cc3c2NC(=O)CN([C@H](c2cc(OC)ccn2)C2CC2)C3=O)c(C(F)(F)F)n1. The summed E-state index contributed by atoms with van der Waals surface area (Å²) in [6, 6.07) is 6.11. The molecule has 0 saturated heterocycles. The largest absolute Gasteiger partial charge is 0.497 e. The molecule has 0 spiro atoms. The van der Waals surface area contributed by atoms with Crippen LogP contribution in [0.15, 0.2) is 36.7 Å². The molecule has 2 amide bonds. The van der Waals surface area contributed by atoms with E-state index in [2.05, 4.69) is 31.3 Å². The highest BCUT2D eigenvalue weighted by atomic mass is 79.9. The summed E-state index contributed by atoms with van der Waals surface area (Å²) in [7, 11) is 1.53. The Morgan fingerprint density at radius 1 is 1.18 bits per heavy atom. The number of fused-ring (bicyclic) bond motifs is 1. The minimum Gasteiger partial charge on any atom is -0.497 e. The lowest BCUT2D eigenvalue weighted by Gasteiger charge is -2.30. The van der Waals surface area contributed by atoms with Gasteiger partial charge in [-0.1, -0.05) is 15.9 Å². The number of halogens is 4. The van der Waals surface area contributed by atoms with Gasteiger partial charge in [-0.15, -0.1) is 0 Å². The number of methoxy groups -OCH3 is 1. The van der Waals surface area contributed by atoms with Crippen molar-refractivity contribution in [2.75, 3.05) is 19.0 Å². The van der Waals surface area contributed by atoms with Crippen LogP contribution < -0.4 is 10.1 Å².